The van der Waals surface area contributed by atoms with Crippen molar-refractivity contribution in [3.8, 4) is 17.2 Å². The van der Waals surface area contributed by atoms with Gasteiger partial charge in [-0.25, -0.2) is 8.42 Å². The SMILES string of the molecule is Cc1oc2cc(OCC(=O)N(C)[C@H]3CCS(=O)(=O)C3)ccc2c(=O)c1Oc1ccccc1. The molecule has 0 bridgehead atoms. The summed E-state index contributed by atoms with van der Waals surface area (Å²) in [6.45, 7) is 1.39. The number of carbonyl (C=O) groups excluding carboxylic acids is 1. The minimum absolute atomic E-state index is 0.0248. The zero-order valence-corrected chi connectivity index (χ0v) is 18.6. The number of sulfone groups is 1. The van der Waals surface area contributed by atoms with Crippen LogP contribution in [0.1, 0.15) is 12.2 Å². The Labute approximate surface area is 185 Å². The highest BCUT2D eigenvalue weighted by atomic mass is 32.2. The van der Waals surface area contributed by atoms with Crippen molar-refractivity contribution >= 4 is 26.7 Å². The molecule has 1 aliphatic heterocycles. The molecule has 1 saturated heterocycles. The van der Waals surface area contributed by atoms with Crippen LogP contribution in [0.2, 0.25) is 0 Å². The molecule has 32 heavy (non-hydrogen) atoms. The van der Waals surface area contributed by atoms with Gasteiger partial charge in [0, 0.05) is 19.2 Å². The van der Waals surface area contributed by atoms with Gasteiger partial charge in [-0.2, -0.15) is 0 Å². The van der Waals surface area contributed by atoms with Crippen LogP contribution in [0.5, 0.6) is 17.2 Å². The molecule has 2 heterocycles. The van der Waals surface area contributed by atoms with E-state index in [2.05, 4.69) is 0 Å². The highest BCUT2D eigenvalue weighted by molar-refractivity contribution is 7.91. The van der Waals surface area contributed by atoms with Crippen LogP contribution in [-0.4, -0.2) is 50.4 Å². The van der Waals surface area contributed by atoms with Crippen LogP contribution in [0.25, 0.3) is 11.0 Å². The Hall–Kier alpha value is -3.33. The van der Waals surface area contributed by atoms with Crippen LogP contribution in [0, 0.1) is 6.92 Å². The lowest BCUT2D eigenvalue weighted by Gasteiger charge is -2.23. The molecule has 1 fully saturated rings. The molecule has 1 aromatic heterocycles. The van der Waals surface area contributed by atoms with E-state index in [-0.39, 0.29) is 41.2 Å². The first-order valence-electron chi connectivity index (χ1n) is 10.1. The maximum absolute atomic E-state index is 12.9. The van der Waals surface area contributed by atoms with Gasteiger partial charge >= 0.3 is 0 Å². The summed E-state index contributed by atoms with van der Waals surface area (Å²) in [7, 11) is -1.51. The Kier molecular flexibility index (Phi) is 5.92. The summed E-state index contributed by atoms with van der Waals surface area (Å²) in [6, 6.07) is 13.3. The first-order valence-corrected chi connectivity index (χ1v) is 11.9. The fourth-order valence-corrected chi connectivity index (χ4v) is 5.39. The number of nitrogens with zero attached hydrogens (tertiary/aromatic N) is 1. The summed E-state index contributed by atoms with van der Waals surface area (Å²) < 4.78 is 40.4. The third-order valence-corrected chi connectivity index (χ3v) is 7.21. The van der Waals surface area contributed by atoms with E-state index in [1.165, 1.54) is 4.90 Å². The van der Waals surface area contributed by atoms with E-state index in [1.54, 1.807) is 56.4 Å². The number of hydrogen-bond donors (Lipinski definition) is 0. The summed E-state index contributed by atoms with van der Waals surface area (Å²) in [5.41, 5.74) is 0.00510. The monoisotopic (exact) mass is 457 g/mol. The summed E-state index contributed by atoms with van der Waals surface area (Å²) in [5.74, 6) is 1.06. The Bertz CT molecular complexity index is 1320. The number of carbonyl (C=O) groups is 1. The molecule has 1 amide bonds. The summed E-state index contributed by atoms with van der Waals surface area (Å²) in [4.78, 5) is 26.7. The van der Waals surface area contributed by atoms with E-state index < -0.39 is 9.84 Å². The van der Waals surface area contributed by atoms with Gasteiger partial charge in [0.2, 0.25) is 11.2 Å². The van der Waals surface area contributed by atoms with E-state index in [9.17, 15) is 18.0 Å². The lowest BCUT2D eigenvalue weighted by Crippen LogP contribution is -2.40. The third kappa shape index (κ3) is 4.62. The van der Waals surface area contributed by atoms with E-state index in [0.717, 1.165) is 0 Å². The molecule has 0 unspecified atom stereocenters. The zero-order chi connectivity index (χ0) is 22.9. The molecule has 3 aromatic rings. The van der Waals surface area contributed by atoms with Gasteiger partial charge in [0.25, 0.3) is 5.91 Å². The molecule has 8 nitrogen and oxygen atoms in total. The summed E-state index contributed by atoms with van der Waals surface area (Å²) in [5, 5.41) is 0.327. The van der Waals surface area contributed by atoms with Gasteiger partial charge in [-0.15, -0.1) is 0 Å². The van der Waals surface area contributed by atoms with Gasteiger partial charge in [0.05, 0.1) is 16.9 Å². The topological polar surface area (TPSA) is 103 Å². The molecule has 0 aliphatic carbocycles. The Morgan fingerprint density at radius 2 is 1.91 bits per heavy atom. The largest absolute Gasteiger partial charge is 0.484 e. The Morgan fingerprint density at radius 3 is 2.59 bits per heavy atom. The van der Waals surface area contributed by atoms with Crippen LogP contribution in [-0.2, 0) is 14.6 Å². The third-order valence-electron chi connectivity index (χ3n) is 5.46. The maximum atomic E-state index is 12.9. The van der Waals surface area contributed by atoms with Crippen molar-refractivity contribution in [3.63, 3.8) is 0 Å². The number of aryl methyl sites for hydroxylation is 1. The quantitative estimate of drug-likeness (QED) is 0.561. The summed E-state index contributed by atoms with van der Waals surface area (Å²) in [6.07, 6.45) is 0.429. The molecule has 9 heteroatoms. The minimum atomic E-state index is -3.08. The number of rotatable bonds is 6. The van der Waals surface area contributed by atoms with Gasteiger partial charge in [0.15, 0.2) is 16.4 Å². The molecule has 0 N–H and O–H groups in total. The molecule has 0 saturated carbocycles. The van der Waals surface area contributed by atoms with E-state index in [0.29, 0.717) is 34.6 Å². The van der Waals surface area contributed by atoms with Crippen LogP contribution in [0.4, 0.5) is 0 Å². The predicted molar refractivity (Wildman–Crippen MR) is 119 cm³/mol. The number of likely N-dealkylation sites (N-methyl/N-ethyl adjacent to an activating group) is 1. The number of amides is 1. The first kappa shape index (κ1) is 21.9. The first-order chi connectivity index (χ1) is 15.2. The van der Waals surface area contributed by atoms with E-state index >= 15 is 0 Å². The van der Waals surface area contributed by atoms with Crippen molar-refractivity contribution in [1.29, 1.82) is 0 Å². The highest BCUT2D eigenvalue weighted by Crippen LogP contribution is 2.27. The molecule has 1 atom stereocenters. The highest BCUT2D eigenvalue weighted by Gasteiger charge is 2.32. The van der Waals surface area contributed by atoms with Crippen molar-refractivity contribution in [1.82, 2.24) is 4.90 Å². The fourth-order valence-electron chi connectivity index (χ4n) is 3.61. The average Bonchev–Trinajstić information content (AvgIpc) is 3.14. The number of ether oxygens (including phenoxy) is 2. The van der Waals surface area contributed by atoms with Crippen molar-refractivity contribution in [3.05, 3.63) is 64.5 Å². The number of fused-ring (bicyclic) bond motifs is 1. The summed E-state index contributed by atoms with van der Waals surface area (Å²) >= 11 is 0. The molecule has 0 spiro atoms. The second-order valence-electron chi connectivity index (χ2n) is 7.74. The minimum Gasteiger partial charge on any atom is -0.484 e. The molecule has 0 radical (unpaired) electrons. The lowest BCUT2D eigenvalue weighted by molar-refractivity contribution is -0.133. The van der Waals surface area contributed by atoms with Gasteiger partial charge in [0.1, 0.15) is 22.8 Å². The lowest BCUT2D eigenvalue weighted by atomic mass is 10.2. The second-order valence-corrected chi connectivity index (χ2v) is 9.97. The smallest absolute Gasteiger partial charge is 0.260 e. The molecular weight excluding hydrogens is 434 g/mol. The maximum Gasteiger partial charge on any atom is 0.260 e. The van der Waals surface area contributed by atoms with Crippen molar-refractivity contribution < 1.29 is 27.1 Å². The average molecular weight is 458 g/mol. The number of benzene rings is 2. The van der Waals surface area contributed by atoms with E-state index in [1.807, 2.05) is 6.07 Å². The zero-order valence-electron chi connectivity index (χ0n) is 17.7. The van der Waals surface area contributed by atoms with Gasteiger partial charge in [-0.1, -0.05) is 18.2 Å². The van der Waals surface area contributed by atoms with Crippen molar-refractivity contribution in [2.75, 3.05) is 25.2 Å². The van der Waals surface area contributed by atoms with Gasteiger partial charge in [-0.05, 0) is 37.6 Å². The van der Waals surface area contributed by atoms with Crippen molar-refractivity contribution in [2.24, 2.45) is 0 Å². The molecule has 1 aliphatic rings. The van der Waals surface area contributed by atoms with Crippen LogP contribution < -0.4 is 14.9 Å². The molecule has 2 aromatic carbocycles. The Morgan fingerprint density at radius 1 is 1.16 bits per heavy atom. The van der Waals surface area contributed by atoms with Crippen LogP contribution in [0.3, 0.4) is 0 Å². The second kappa shape index (κ2) is 8.66. The normalized spacial score (nSPS) is 17.2. The van der Waals surface area contributed by atoms with Crippen LogP contribution in [0.15, 0.2) is 57.7 Å². The number of hydrogen-bond acceptors (Lipinski definition) is 7. The standard InChI is InChI=1S/C23H23NO7S/c1-15-23(31-17-6-4-3-5-7-17)22(26)19-9-8-18(12-20(19)30-15)29-13-21(25)24(2)16-10-11-32(27,28)14-16/h3-9,12,16H,10-11,13-14H2,1-2H3/t16-/m0/s1. The van der Waals surface area contributed by atoms with Crippen molar-refractivity contribution in [2.45, 2.75) is 19.4 Å². The van der Waals surface area contributed by atoms with Crippen LogP contribution >= 0.6 is 0 Å². The van der Waals surface area contributed by atoms with E-state index in [4.69, 9.17) is 13.9 Å². The Balaban J connectivity index is 1.48. The fraction of sp³-hybridized carbons (Fsp3) is 0.304. The molecule has 4 rings (SSSR count). The number of para-hydroxylation sites is 1. The van der Waals surface area contributed by atoms with Gasteiger partial charge < -0.3 is 18.8 Å². The molecule has 168 valence electrons. The predicted octanol–water partition coefficient (Wildman–Crippen LogP) is 2.92. The van der Waals surface area contributed by atoms with Gasteiger partial charge in [-0.3, -0.25) is 9.59 Å². The molecular formula is C23H23NO7S.